The first-order valence-electron chi connectivity index (χ1n) is 5.78. The van der Waals surface area contributed by atoms with Crippen molar-refractivity contribution in [1.29, 1.82) is 0 Å². The van der Waals surface area contributed by atoms with Crippen LogP contribution in [0.5, 0.6) is 0 Å². The molecule has 0 radical (unpaired) electrons. The van der Waals surface area contributed by atoms with Gasteiger partial charge in [-0.15, -0.1) is 11.8 Å². The van der Waals surface area contributed by atoms with E-state index in [2.05, 4.69) is 46.4 Å². The molecule has 1 unspecified atom stereocenters. The number of nitrogens with one attached hydrogen (secondary N) is 1. The number of hydrogen-bond donors (Lipinski definition) is 2. The van der Waals surface area contributed by atoms with Crippen molar-refractivity contribution in [1.82, 2.24) is 5.32 Å². The number of rotatable bonds is 7. The zero-order valence-electron chi connectivity index (χ0n) is 10.4. The Morgan fingerprint density at radius 3 is 2.71 bits per heavy atom. The summed E-state index contributed by atoms with van der Waals surface area (Å²) in [7, 11) is 1.90. The highest BCUT2D eigenvalue weighted by molar-refractivity contribution is 9.10. The number of aliphatic hydroxyl groups excluding tert-OH is 1. The molecule has 0 spiro atoms. The van der Waals surface area contributed by atoms with Crippen molar-refractivity contribution >= 4 is 27.7 Å². The van der Waals surface area contributed by atoms with E-state index in [0.717, 1.165) is 23.1 Å². The standard InChI is InChI=1S/C13H20BrNOS/c1-13(10-16,15-2)8-5-9-17-12-7-4-3-6-11(12)14/h3-4,6-7,15-16H,5,8-10H2,1-2H3. The lowest BCUT2D eigenvalue weighted by Crippen LogP contribution is -2.43. The summed E-state index contributed by atoms with van der Waals surface area (Å²) < 4.78 is 1.16. The normalized spacial score (nSPS) is 14.6. The summed E-state index contributed by atoms with van der Waals surface area (Å²) in [4.78, 5) is 1.28. The minimum Gasteiger partial charge on any atom is -0.394 e. The number of benzene rings is 1. The molecule has 0 aliphatic heterocycles. The van der Waals surface area contributed by atoms with E-state index in [-0.39, 0.29) is 12.1 Å². The average Bonchev–Trinajstić information content (AvgIpc) is 2.36. The molecule has 0 heterocycles. The number of likely N-dealkylation sites (N-methyl/N-ethyl adjacent to an activating group) is 1. The number of hydrogen-bond acceptors (Lipinski definition) is 3. The summed E-state index contributed by atoms with van der Waals surface area (Å²) in [6, 6.07) is 8.27. The highest BCUT2D eigenvalue weighted by Gasteiger charge is 2.19. The Kier molecular flexibility index (Phi) is 6.55. The van der Waals surface area contributed by atoms with Crippen LogP contribution in [0.15, 0.2) is 33.6 Å². The van der Waals surface area contributed by atoms with Crippen molar-refractivity contribution in [3.05, 3.63) is 28.7 Å². The maximum atomic E-state index is 9.27. The largest absolute Gasteiger partial charge is 0.394 e. The van der Waals surface area contributed by atoms with Crippen molar-refractivity contribution < 1.29 is 5.11 Å². The maximum Gasteiger partial charge on any atom is 0.0610 e. The van der Waals surface area contributed by atoms with Gasteiger partial charge in [0.1, 0.15) is 0 Å². The molecule has 1 aromatic rings. The molecule has 1 aromatic carbocycles. The average molecular weight is 318 g/mol. The fourth-order valence-corrected chi connectivity index (χ4v) is 3.01. The minimum atomic E-state index is -0.144. The van der Waals surface area contributed by atoms with E-state index in [1.807, 2.05) is 24.9 Å². The van der Waals surface area contributed by atoms with Crippen LogP contribution in [-0.4, -0.2) is 30.1 Å². The third kappa shape index (κ3) is 5.00. The molecule has 0 aliphatic carbocycles. The number of thioether (sulfide) groups is 1. The van der Waals surface area contributed by atoms with Crippen LogP contribution in [0, 0.1) is 0 Å². The van der Waals surface area contributed by atoms with E-state index in [0.29, 0.717) is 0 Å². The fraction of sp³-hybridized carbons (Fsp3) is 0.538. The number of halogens is 1. The van der Waals surface area contributed by atoms with E-state index in [1.54, 1.807) is 0 Å². The molecule has 1 rings (SSSR count). The molecule has 0 fully saturated rings. The third-order valence-corrected chi connectivity index (χ3v) is 5.03. The molecule has 0 saturated carbocycles. The van der Waals surface area contributed by atoms with Gasteiger partial charge in [0.2, 0.25) is 0 Å². The van der Waals surface area contributed by atoms with Crippen molar-refractivity contribution in [3.8, 4) is 0 Å². The minimum absolute atomic E-state index is 0.144. The Labute approximate surface area is 116 Å². The zero-order chi connectivity index (χ0) is 12.7. The van der Waals surface area contributed by atoms with Crippen LogP contribution in [0.3, 0.4) is 0 Å². The number of aliphatic hydroxyl groups is 1. The summed E-state index contributed by atoms with van der Waals surface area (Å²) in [5.41, 5.74) is -0.144. The molecular weight excluding hydrogens is 298 g/mol. The van der Waals surface area contributed by atoms with Gasteiger partial charge in [0, 0.05) is 14.9 Å². The lowest BCUT2D eigenvalue weighted by atomic mass is 9.98. The molecule has 17 heavy (non-hydrogen) atoms. The van der Waals surface area contributed by atoms with Crippen LogP contribution >= 0.6 is 27.7 Å². The van der Waals surface area contributed by atoms with E-state index < -0.39 is 0 Å². The van der Waals surface area contributed by atoms with E-state index in [9.17, 15) is 5.11 Å². The Morgan fingerprint density at radius 1 is 1.41 bits per heavy atom. The molecule has 0 saturated heterocycles. The smallest absolute Gasteiger partial charge is 0.0610 e. The summed E-state index contributed by atoms with van der Waals surface area (Å²) in [6.45, 7) is 2.24. The summed E-state index contributed by atoms with van der Waals surface area (Å²) >= 11 is 5.39. The van der Waals surface area contributed by atoms with E-state index in [4.69, 9.17) is 0 Å². The van der Waals surface area contributed by atoms with Gasteiger partial charge in [-0.2, -0.15) is 0 Å². The van der Waals surface area contributed by atoms with E-state index >= 15 is 0 Å². The Hall–Kier alpha value is -0.0300. The highest BCUT2D eigenvalue weighted by atomic mass is 79.9. The Morgan fingerprint density at radius 2 is 2.12 bits per heavy atom. The molecule has 1 atom stereocenters. The second-order valence-electron chi connectivity index (χ2n) is 4.35. The first kappa shape index (κ1) is 15.0. The summed E-state index contributed by atoms with van der Waals surface area (Å²) in [5.74, 6) is 1.07. The second kappa shape index (κ2) is 7.41. The van der Waals surface area contributed by atoms with Gasteiger partial charge in [0.25, 0.3) is 0 Å². The summed E-state index contributed by atoms with van der Waals surface area (Å²) in [6.07, 6.45) is 2.07. The molecule has 4 heteroatoms. The van der Waals surface area contributed by atoms with Crippen LogP contribution in [0.4, 0.5) is 0 Å². The summed E-state index contributed by atoms with van der Waals surface area (Å²) in [5, 5.41) is 12.4. The Balaban J connectivity index is 2.32. The lowest BCUT2D eigenvalue weighted by molar-refractivity contribution is 0.173. The van der Waals surface area contributed by atoms with Crippen LogP contribution in [0.1, 0.15) is 19.8 Å². The van der Waals surface area contributed by atoms with Gasteiger partial charge >= 0.3 is 0 Å². The van der Waals surface area contributed by atoms with Crippen molar-refractivity contribution in [3.63, 3.8) is 0 Å². The SMILES string of the molecule is CNC(C)(CO)CCCSc1ccccc1Br. The molecular formula is C13H20BrNOS. The monoisotopic (exact) mass is 317 g/mol. The van der Waals surface area contributed by atoms with Gasteiger partial charge in [0.05, 0.1) is 6.61 Å². The second-order valence-corrected chi connectivity index (χ2v) is 6.34. The van der Waals surface area contributed by atoms with E-state index in [1.165, 1.54) is 4.90 Å². The van der Waals surface area contributed by atoms with Gasteiger partial charge < -0.3 is 10.4 Å². The van der Waals surface area contributed by atoms with Crippen LogP contribution in [0.25, 0.3) is 0 Å². The topological polar surface area (TPSA) is 32.3 Å². The van der Waals surface area contributed by atoms with Crippen LogP contribution < -0.4 is 5.32 Å². The van der Waals surface area contributed by atoms with Crippen molar-refractivity contribution in [2.75, 3.05) is 19.4 Å². The quantitative estimate of drug-likeness (QED) is 0.598. The van der Waals surface area contributed by atoms with Gasteiger partial charge in [-0.25, -0.2) is 0 Å². The highest BCUT2D eigenvalue weighted by Crippen LogP contribution is 2.28. The van der Waals surface area contributed by atoms with Crippen molar-refractivity contribution in [2.45, 2.75) is 30.2 Å². The molecule has 0 aliphatic rings. The predicted octanol–water partition coefficient (Wildman–Crippen LogP) is 3.29. The first-order valence-corrected chi connectivity index (χ1v) is 7.56. The van der Waals surface area contributed by atoms with Gasteiger partial charge in [-0.3, -0.25) is 0 Å². The lowest BCUT2D eigenvalue weighted by Gasteiger charge is -2.26. The molecule has 2 N–H and O–H groups in total. The maximum absolute atomic E-state index is 9.27. The molecule has 96 valence electrons. The molecule has 2 nitrogen and oxygen atoms in total. The molecule has 0 aromatic heterocycles. The molecule has 0 bridgehead atoms. The van der Waals surface area contributed by atoms with Crippen LogP contribution in [0.2, 0.25) is 0 Å². The zero-order valence-corrected chi connectivity index (χ0v) is 12.8. The van der Waals surface area contributed by atoms with Gasteiger partial charge in [-0.05, 0) is 60.6 Å². The molecule has 0 amide bonds. The first-order chi connectivity index (χ1) is 8.11. The third-order valence-electron chi connectivity index (χ3n) is 2.92. The van der Waals surface area contributed by atoms with Gasteiger partial charge in [0.15, 0.2) is 0 Å². The van der Waals surface area contributed by atoms with Crippen molar-refractivity contribution in [2.24, 2.45) is 0 Å². The Bertz CT molecular complexity index is 342. The van der Waals surface area contributed by atoms with Crippen LogP contribution in [-0.2, 0) is 0 Å². The fourth-order valence-electron chi connectivity index (χ4n) is 1.49. The predicted molar refractivity (Wildman–Crippen MR) is 78.7 cm³/mol. The van der Waals surface area contributed by atoms with Gasteiger partial charge in [-0.1, -0.05) is 12.1 Å².